The Kier molecular flexibility index (Phi) is 3.71. The zero-order chi connectivity index (χ0) is 13.2. The Bertz CT molecular complexity index is 423. The van der Waals surface area contributed by atoms with Crippen LogP contribution >= 0.6 is 0 Å². The van der Waals surface area contributed by atoms with Gasteiger partial charge in [0.05, 0.1) is 17.9 Å². The van der Waals surface area contributed by atoms with E-state index in [0.29, 0.717) is 0 Å². The van der Waals surface area contributed by atoms with Crippen LogP contribution < -0.4 is 10.2 Å². The van der Waals surface area contributed by atoms with Gasteiger partial charge in [0.25, 0.3) is 0 Å². The number of rotatable bonds is 4. The van der Waals surface area contributed by atoms with Crippen molar-refractivity contribution in [3.05, 3.63) is 23.9 Å². The van der Waals surface area contributed by atoms with Gasteiger partial charge in [-0.15, -0.1) is 0 Å². The number of pyridine rings is 1. The lowest BCUT2D eigenvalue weighted by Gasteiger charge is -2.36. The lowest BCUT2D eigenvalue weighted by atomic mass is 10.2. The molecule has 0 amide bonds. The van der Waals surface area contributed by atoms with E-state index in [9.17, 15) is 0 Å². The summed E-state index contributed by atoms with van der Waals surface area (Å²) in [6, 6.07) is 7.04. The topological polar surface area (TPSA) is 37.4 Å². The van der Waals surface area contributed by atoms with Gasteiger partial charge in [0, 0.05) is 25.7 Å². The van der Waals surface area contributed by atoms with Gasteiger partial charge in [-0.25, -0.2) is 4.98 Å². The van der Waals surface area contributed by atoms with E-state index in [2.05, 4.69) is 42.3 Å². The smallest absolute Gasteiger partial charge is 0.129 e. The maximum Gasteiger partial charge on any atom is 0.129 e. The fraction of sp³-hybridized carbons (Fsp3) is 0.667. The number of anilines is 1. The number of nitrogens with one attached hydrogen (secondary N) is 1. The fourth-order valence-corrected chi connectivity index (χ4v) is 2.64. The quantitative estimate of drug-likeness (QED) is 0.899. The highest BCUT2D eigenvalue weighted by molar-refractivity contribution is 5.40. The van der Waals surface area contributed by atoms with Crippen LogP contribution in [0.2, 0.25) is 0 Å². The molecule has 3 rings (SSSR count). The Labute approximate surface area is 115 Å². The monoisotopic (exact) mass is 261 g/mol. The average Bonchev–Trinajstić information content (AvgIpc) is 3.20. The molecule has 2 fully saturated rings. The standard InChI is InChI=1S/C15H23N3O/c1-11-9-18(10-12(2)19-11)15-5-3-4-14(17-15)8-16-13-6-7-13/h3-5,11-13,16H,6-10H2,1-2H3. The second kappa shape index (κ2) is 5.47. The highest BCUT2D eigenvalue weighted by Gasteiger charge is 2.23. The Morgan fingerprint density at radius 3 is 2.68 bits per heavy atom. The maximum absolute atomic E-state index is 5.77. The third-order valence-electron chi connectivity index (χ3n) is 3.68. The molecule has 0 radical (unpaired) electrons. The molecule has 2 atom stereocenters. The maximum atomic E-state index is 5.77. The minimum absolute atomic E-state index is 0.277. The van der Waals surface area contributed by atoms with Crippen molar-refractivity contribution in [3.8, 4) is 0 Å². The van der Waals surface area contributed by atoms with E-state index in [4.69, 9.17) is 9.72 Å². The molecule has 0 bridgehead atoms. The molecule has 1 aliphatic carbocycles. The molecular weight excluding hydrogens is 238 g/mol. The van der Waals surface area contributed by atoms with Gasteiger partial charge in [0.2, 0.25) is 0 Å². The van der Waals surface area contributed by atoms with Gasteiger partial charge in [-0.05, 0) is 38.8 Å². The van der Waals surface area contributed by atoms with E-state index >= 15 is 0 Å². The molecule has 1 saturated carbocycles. The number of nitrogens with zero attached hydrogens (tertiary/aromatic N) is 2. The Morgan fingerprint density at radius 1 is 1.26 bits per heavy atom. The molecular formula is C15H23N3O. The first-order valence-electron chi connectivity index (χ1n) is 7.30. The van der Waals surface area contributed by atoms with Crippen molar-refractivity contribution in [2.24, 2.45) is 0 Å². The van der Waals surface area contributed by atoms with Crippen LogP contribution in [0.3, 0.4) is 0 Å². The second-order valence-corrected chi connectivity index (χ2v) is 5.80. The molecule has 2 aliphatic rings. The largest absolute Gasteiger partial charge is 0.372 e. The molecule has 0 aromatic carbocycles. The van der Waals surface area contributed by atoms with Crippen LogP contribution in [0.1, 0.15) is 32.4 Å². The zero-order valence-electron chi connectivity index (χ0n) is 11.8. The summed E-state index contributed by atoms with van der Waals surface area (Å²) < 4.78 is 5.77. The molecule has 1 aromatic heterocycles. The summed E-state index contributed by atoms with van der Waals surface area (Å²) in [7, 11) is 0. The number of hydrogen-bond donors (Lipinski definition) is 1. The van der Waals surface area contributed by atoms with Crippen LogP contribution in [-0.4, -0.2) is 36.3 Å². The van der Waals surface area contributed by atoms with E-state index in [0.717, 1.165) is 37.2 Å². The van der Waals surface area contributed by atoms with E-state index < -0.39 is 0 Å². The summed E-state index contributed by atoms with van der Waals surface area (Å²) in [5.41, 5.74) is 1.14. The first-order valence-corrected chi connectivity index (χ1v) is 7.30. The first-order chi connectivity index (χ1) is 9.20. The van der Waals surface area contributed by atoms with Gasteiger partial charge in [0.1, 0.15) is 5.82 Å². The highest BCUT2D eigenvalue weighted by atomic mass is 16.5. The summed E-state index contributed by atoms with van der Waals surface area (Å²) in [5.74, 6) is 1.08. The molecule has 1 saturated heterocycles. The number of hydrogen-bond acceptors (Lipinski definition) is 4. The SMILES string of the molecule is CC1CN(c2cccc(CNC3CC3)n2)CC(C)O1. The van der Waals surface area contributed by atoms with Crippen molar-refractivity contribution in [1.29, 1.82) is 0 Å². The molecule has 4 heteroatoms. The van der Waals surface area contributed by atoms with Gasteiger partial charge >= 0.3 is 0 Å². The van der Waals surface area contributed by atoms with E-state index in [-0.39, 0.29) is 12.2 Å². The van der Waals surface area contributed by atoms with Gasteiger partial charge < -0.3 is 15.0 Å². The lowest BCUT2D eigenvalue weighted by molar-refractivity contribution is -0.00546. The number of ether oxygens (including phenoxy) is 1. The normalized spacial score (nSPS) is 27.6. The number of morpholine rings is 1. The summed E-state index contributed by atoms with van der Waals surface area (Å²) in [5, 5.41) is 3.51. The Morgan fingerprint density at radius 2 is 2.00 bits per heavy atom. The minimum atomic E-state index is 0.277. The predicted molar refractivity (Wildman–Crippen MR) is 76.3 cm³/mol. The van der Waals surface area contributed by atoms with Crippen LogP contribution in [0.5, 0.6) is 0 Å². The van der Waals surface area contributed by atoms with E-state index in [1.54, 1.807) is 0 Å². The third-order valence-corrected chi connectivity index (χ3v) is 3.68. The van der Waals surface area contributed by atoms with Crippen molar-refractivity contribution >= 4 is 5.82 Å². The van der Waals surface area contributed by atoms with Crippen LogP contribution in [0, 0.1) is 0 Å². The Balaban J connectivity index is 1.66. The highest BCUT2D eigenvalue weighted by Crippen LogP contribution is 2.21. The summed E-state index contributed by atoms with van der Waals surface area (Å²) >= 11 is 0. The molecule has 4 nitrogen and oxygen atoms in total. The van der Waals surface area contributed by atoms with E-state index in [1.165, 1.54) is 12.8 Å². The lowest BCUT2D eigenvalue weighted by Crippen LogP contribution is -2.45. The van der Waals surface area contributed by atoms with Gasteiger partial charge in [0.15, 0.2) is 0 Å². The first kappa shape index (κ1) is 12.9. The van der Waals surface area contributed by atoms with Crippen molar-refractivity contribution in [1.82, 2.24) is 10.3 Å². The summed E-state index contributed by atoms with van der Waals surface area (Å²) in [6.45, 7) is 6.99. The molecule has 104 valence electrons. The van der Waals surface area contributed by atoms with E-state index in [1.807, 2.05) is 0 Å². The molecule has 2 unspecified atom stereocenters. The molecule has 1 aromatic rings. The molecule has 1 aliphatic heterocycles. The molecule has 2 heterocycles. The predicted octanol–water partition coefficient (Wildman–Crippen LogP) is 1.95. The van der Waals surface area contributed by atoms with Crippen LogP contribution in [0.4, 0.5) is 5.82 Å². The van der Waals surface area contributed by atoms with Gasteiger partial charge in [-0.1, -0.05) is 6.07 Å². The fourth-order valence-electron chi connectivity index (χ4n) is 2.64. The summed E-state index contributed by atoms with van der Waals surface area (Å²) in [6.07, 6.45) is 3.19. The second-order valence-electron chi connectivity index (χ2n) is 5.80. The van der Waals surface area contributed by atoms with Crippen molar-refractivity contribution in [3.63, 3.8) is 0 Å². The average molecular weight is 261 g/mol. The molecule has 0 spiro atoms. The third kappa shape index (κ3) is 3.45. The minimum Gasteiger partial charge on any atom is -0.372 e. The van der Waals surface area contributed by atoms with Gasteiger partial charge in [-0.3, -0.25) is 0 Å². The summed E-state index contributed by atoms with van der Waals surface area (Å²) in [4.78, 5) is 7.11. The van der Waals surface area contributed by atoms with Gasteiger partial charge in [-0.2, -0.15) is 0 Å². The number of aromatic nitrogens is 1. The molecule has 1 N–H and O–H groups in total. The molecule has 19 heavy (non-hydrogen) atoms. The van der Waals surface area contributed by atoms with Crippen LogP contribution in [0.15, 0.2) is 18.2 Å². The van der Waals surface area contributed by atoms with Crippen molar-refractivity contribution < 1.29 is 4.74 Å². The van der Waals surface area contributed by atoms with Crippen molar-refractivity contribution in [2.75, 3.05) is 18.0 Å². The van der Waals surface area contributed by atoms with Crippen LogP contribution in [0.25, 0.3) is 0 Å². The van der Waals surface area contributed by atoms with Crippen LogP contribution in [-0.2, 0) is 11.3 Å². The van der Waals surface area contributed by atoms with Crippen molar-refractivity contribution in [2.45, 2.75) is 51.5 Å². The zero-order valence-corrected chi connectivity index (χ0v) is 11.8. The Hall–Kier alpha value is -1.13.